The highest BCUT2D eigenvalue weighted by molar-refractivity contribution is 5.42. The maximum atomic E-state index is 5.90. The van der Waals surface area contributed by atoms with Gasteiger partial charge in [0.15, 0.2) is 0 Å². The van der Waals surface area contributed by atoms with Crippen LogP contribution in [0.5, 0.6) is 11.5 Å². The van der Waals surface area contributed by atoms with Crippen molar-refractivity contribution < 1.29 is 14.2 Å². The summed E-state index contributed by atoms with van der Waals surface area (Å²) in [6, 6.07) is 7.00. The third kappa shape index (κ3) is 3.50. The zero-order valence-electron chi connectivity index (χ0n) is 13.1. The monoisotopic (exact) mass is 291 g/mol. The van der Waals surface area contributed by atoms with Gasteiger partial charge in [0.25, 0.3) is 0 Å². The molecule has 0 bridgehead atoms. The Morgan fingerprint density at radius 2 is 1.90 bits per heavy atom. The van der Waals surface area contributed by atoms with Crippen LogP contribution in [0.1, 0.15) is 32.3 Å². The lowest BCUT2D eigenvalue weighted by atomic mass is 9.96. The van der Waals surface area contributed by atoms with Gasteiger partial charge in [-0.1, -0.05) is 6.07 Å². The predicted molar refractivity (Wildman–Crippen MR) is 82.1 cm³/mol. The van der Waals surface area contributed by atoms with Gasteiger partial charge in [0.05, 0.1) is 19.3 Å². The topological polar surface area (TPSA) is 39.7 Å². The summed E-state index contributed by atoms with van der Waals surface area (Å²) in [5.41, 5.74) is 1.26. The number of hydrogen-bond acceptors (Lipinski definition) is 4. The van der Waals surface area contributed by atoms with E-state index in [9.17, 15) is 0 Å². The van der Waals surface area contributed by atoms with E-state index in [-0.39, 0.29) is 0 Å². The van der Waals surface area contributed by atoms with Crippen LogP contribution in [-0.2, 0) is 11.2 Å². The molecule has 1 fully saturated rings. The van der Waals surface area contributed by atoms with Crippen LogP contribution in [-0.4, -0.2) is 38.0 Å². The van der Waals surface area contributed by atoms with Crippen molar-refractivity contribution in [3.8, 4) is 11.5 Å². The lowest BCUT2D eigenvalue weighted by Crippen LogP contribution is -2.49. The van der Waals surface area contributed by atoms with Gasteiger partial charge in [-0.15, -0.1) is 0 Å². The maximum Gasteiger partial charge on any atom is 0.126 e. The molecule has 4 heteroatoms. The molecular weight excluding hydrogens is 266 g/mol. The Morgan fingerprint density at radius 1 is 1.14 bits per heavy atom. The summed E-state index contributed by atoms with van der Waals surface area (Å²) in [4.78, 5) is 0. The second-order valence-corrected chi connectivity index (χ2v) is 6.28. The van der Waals surface area contributed by atoms with Gasteiger partial charge in [-0.2, -0.15) is 0 Å². The van der Waals surface area contributed by atoms with Gasteiger partial charge >= 0.3 is 0 Å². The molecule has 3 atom stereocenters. The van der Waals surface area contributed by atoms with Crippen molar-refractivity contribution in [2.45, 2.75) is 57.4 Å². The van der Waals surface area contributed by atoms with E-state index in [4.69, 9.17) is 14.2 Å². The van der Waals surface area contributed by atoms with Gasteiger partial charge in [0.1, 0.15) is 18.1 Å². The Balaban J connectivity index is 1.61. The molecule has 2 aliphatic heterocycles. The van der Waals surface area contributed by atoms with Gasteiger partial charge in [-0.05, 0) is 44.7 Å². The van der Waals surface area contributed by atoms with Crippen molar-refractivity contribution >= 4 is 0 Å². The van der Waals surface area contributed by atoms with Crippen LogP contribution in [0.4, 0.5) is 0 Å². The molecule has 1 aromatic rings. The summed E-state index contributed by atoms with van der Waals surface area (Å²) >= 11 is 0. The number of rotatable bonds is 3. The summed E-state index contributed by atoms with van der Waals surface area (Å²) < 4.78 is 16.9. The lowest BCUT2D eigenvalue weighted by molar-refractivity contribution is -0.0444. The molecular formula is C17H25NO3. The molecule has 2 heterocycles. The van der Waals surface area contributed by atoms with E-state index in [0.717, 1.165) is 37.4 Å². The molecule has 0 radical (unpaired) electrons. The summed E-state index contributed by atoms with van der Waals surface area (Å²) in [7, 11) is 1.68. The second-order valence-electron chi connectivity index (χ2n) is 6.28. The van der Waals surface area contributed by atoms with Gasteiger partial charge in [0, 0.05) is 18.2 Å². The first-order valence-corrected chi connectivity index (χ1v) is 7.85. The van der Waals surface area contributed by atoms with Crippen LogP contribution in [0, 0.1) is 0 Å². The molecule has 0 aromatic heterocycles. The van der Waals surface area contributed by atoms with Crippen LogP contribution in [0.15, 0.2) is 18.2 Å². The minimum atomic E-state index is 0.340. The summed E-state index contributed by atoms with van der Waals surface area (Å²) in [6.45, 7) is 5.03. The van der Waals surface area contributed by atoms with Crippen LogP contribution in [0.3, 0.4) is 0 Å². The molecule has 4 nitrogen and oxygen atoms in total. The van der Waals surface area contributed by atoms with Gasteiger partial charge in [-0.25, -0.2) is 0 Å². The fourth-order valence-corrected chi connectivity index (χ4v) is 3.46. The van der Waals surface area contributed by atoms with E-state index >= 15 is 0 Å². The standard InChI is InChI=1S/C17H25NO3/c1-11-6-14(7-12(2)21-11)18-15-8-13-4-5-16(19-3)9-17(13)20-10-15/h4-5,9,11-12,14-15,18H,6-8,10H2,1-3H3. The molecule has 2 aliphatic rings. The summed E-state index contributed by atoms with van der Waals surface area (Å²) in [6.07, 6.45) is 3.85. The molecule has 3 unspecified atom stereocenters. The van der Waals surface area contributed by atoms with Crippen LogP contribution >= 0.6 is 0 Å². The fraction of sp³-hybridized carbons (Fsp3) is 0.647. The Labute approximate surface area is 126 Å². The first kappa shape index (κ1) is 14.7. The normalized spacial score (nSPS) is 32.1. The molecule has 1 aromatic carbocycles. The van der Waals surface area contributed by atoms with E-state index in [1.165, 1.54) is 5.56 Å². The highest BCUT2D eigenvalue weighted by Crippen LogP contribution is 2.29. The third-order valence-corrected chi connectivity index (χ3v) is 4.35. The Morgan fingerprint density at radius 3 is 2.62 bits per heavy atom. The Kier molecular flexibility index (Phi) is 4.36. The van der Waals surface area contributed by atoms with Crippen LogP contribution < -0.4 is 14.8 Å². The molecule has 1 N–H and O–H groups in total. The zero-order chi connectivity index (χ0) is 14.8. The highest BCUT2D eigenvalue weighted by Gasteiger charge is 2.28. The average Bonchev–Trinajstić information content (AvgIpc) is 2.45. The average molecular weight is 291 g/mol. The molecule has 1 saturated heterocycles. The van der Waals surface area contributed by atoms with Crippen LogP contribution in [0.2, 0.25) is 0 Å². The minimum Gasteiger partial charge on any atom is -0.497 e. The molecule has 0 saturated carbocycles. The van der Waals surface area contributed by atoms with E-state index in [1.54, 1.807) is 7.11 Å². The van der Waals surface area contributed by atoms with E-state index in [0.29, 0.717) is 24.3 Å². The van der Waals surface area contributed by atoms with Crippen molar-refractivity contribution in [1.82, 2.24) is 5.32 Å². The number of hydrogen-bond donors (Lipinski definition) is 1. The third-order valence-electron chi connectivity index (χ3n) is 4.35. The summed E-state index contributed by atoms with van der Waals surface area (Å²) in [5, 5.41) is 3.75. The number of fused-ring (bicyclic) bond motifs is 1. The number of benzene rings is 1. The molecule has 0 aliphatic carbocycles. The first-order chi connectivity index (χ1) is 10.1. The van der Waals surface area contributed by atoms with Crippen molar-refractivity contribution in [2.75, 3.05) is 13.7 Å². The molecule has 116 valence electrons. The molecule has 3 rings (SSSR count). The smallest absolute Gasteiger partial charge is 0.126 e. The number of methoxy groups -OCH3 is 1. The van der Waals surface area contributed by atoms with Crippen molar-refractivity contribution in [3.63, 3.8) is 0 Å². The first-order valence-electron chi connectivity index (χ1n) is 7.85. The quantitative estimate of drug-likeness (QED) is 0.929. The van der Waals surface area contributed by atoms with Crippen molar-refractivity contribution in [3.05, 3.63) is 23.8 Å². The molecule has 0 amide bonds. The largest absolute Gasteiger partial charge is 0.497 e. The lowest BCUT2D eigenvalue weighted by Gasteiger charge is -2.36. The highest BCUT2D eigenvalue weighted by atomic mass is 16.5. The zero-order valence-corrected chi connectivity index (χ0v) is 13.1. The van der Waals surface area contributed by atoms with E-state index < -0.39 is 0 Å². The SMILES string of the molecule is COc1ccc2c(c1)OCC(NC1CC(C)OC(C)C1)C2. The van der Waals surface area contributed by atoms with Crippen molar-refractivity contribution in [1.29, 1.82) is 0 Å². The number of ether oxygens (including phenoxy) is 3. The maximum absolute atomic E-state index is 5.90. The minimum absolute atomic E-state index is 0.340. The van der Waals surface area contributed by atoms with Gasteiger partial charge in [0.2, 0.25) is 0 Å². The van der Waals surface area contributed by atoms with E-state index in [2.05, 4.69) is 25.2 Å². The fourth-order valence-electron chi connectivity index (χ4n) is 3.46. The Hall–Kier alpha value is -1.26. The molecule has 0 spiro atoms. The van der Waals surface area contributed by atoms with Crippen LogP contribution in [0.25, 0.3) is 0 Å². The number of nitrogens with one attached hydrogen (secondary N) is 1. The van der Waals surface area contributed by atoms with E-state index in [1.807, 2.05) is 12.1 Å². The summed E-state index contributed by atoms with van der Waals surface area (Å²) in [5.74, 6) is 1.81. The van der Waals surface area contributed by atoms with Gasteiger partial charge < -0.3 is 19.5 Å². The van der Waals surface area contributed by atoms with Crippen molar-refractivity contribution in [2.24, 2.45) is 0 Å². The van der Waals surface area contributed by atoms with Gasteiger partial charge in [-0.3, -0.25) is 0 Å². The molecule has 21 heavy (non-hydrogen) atoms. The second kappa shape index (κ2) is 6.24. The Bertz CT molecular complexity index is 481. The predicted octanol–water partition coefficient (Wildman–Crippen LogP) is 2.54.